The number of H-pyrrole nitrogens is 1. The van der Waals surface area contributed by atoms with Gasteiger partial charge in [-0.15, -0.1) is 5.10 Å². The summed E-state index contributed by atoms with van der Waals surface area (Å²) in [5, 5.41) is 15.6. The molecule has 2 amide bonds. The Hall–Kier alpha value is -4.30. The number of nitrogens with one attached hydrogen (secondary N) is 4. The Morgan fingerprint density at radius 3 is 2.55 bits per heavy atom. The van der Waals surface area contributed by atoms with Gasteiger partial charge in [0.05, 0.1) is 33.1 Å². The molecule has 0 fully saturated rings. The molecule has 3 aromatic rings. The smallest absolute Gasteiger partial charge is 0.249 e. The lowest BCUT2D eigenvalue weighted by molar-refractivity contribution is -0.120. The van der Waals surface area contributed by atoms with Crippen LogP contribution in [0.3, 0.4) is 0 Å². The molecule has 236 valence electrons. The van der Waals surface area contributed by atoms with Crippen LogP contribution in [-0.2, 0) is 27.4 Å². The number of nitrogens with zero attached hydrogens (tertiary/aromatic N) is 2. The summed E-state index contributed by atoms with van der Waals surface area (Å²) in [5.74, 6) is 2.00. The summed E-state index contributed by atoms with van der Waals surface area (Å²) < 4.78 is 22.1. The fourth-order valence-corrected chi connectivity index (χ4v) is 5.74. The quantitative estimate of drug-likeness (QED) is 0.220. The van der Waals surface area contributed by atoms with Crippen LogP contribution in [0.1, 0.15) is 42.8 Å². The summed E-state index contributed by atoms with van der Waals surface area (Å²) in [6.45, 7) is 1.66. The largest absolute Gasteiger partial charge is 0.493 e. The molecule has 14 heteroatoms. The first-order chi connectivity index (χ1) is 21.2. The van der Waals surface area contributed by atoms with Gasteiger partial charge in [-0.3, -0.25) is 24.8 Å². The molecule has 2 atom stereocenters. The third-order valence-corrected chi connectivity index (χ3v) is 7.86. The maximum Gasteiger partial charge on any atom is 0.249 e. The number of amides is 2. The van der Waals surface area contributed by atoms with Crippen molar-refractivity contribution in [2.75, 3.05) is 51.1 Å². The Morgan fingerprint density at radius 1 is 1.11 bits per heavy atom. The van der Waals surface area contributed by atoms with E-state index < -0.39 is 18.0 Å². The zero-order chi connectivity index (χ0) is 31.8. The van der Waals surface area contributed by atoms with Crippen molar-refractivity contribution in [3.05, 3.63) is 51.4 Å². The van der Waals surface area contributed by atoms with Crippen molar-refractivity contribution in [3.8, 4) is 28.4 Å². The van der Waals surface area contributed by atoms with Gasteiger partial charge in [0, 0.05) is 19.6 Å². The minimum absolute atomic E-state index is 0.108. The van der Waals surface area contributed by atoms with E-state index in [-0.39, 0.29) is 29.6 Å². The summed E-state index contributed by atoms with van der Waals surface area (Å²) in [6, 6.07) is 5.65. The first-order valence-corrected chi connectivity index (χ1v) is 15.4. The molecule has 1 aliphatic rings. The number of aromatic amines is 1. The number of methoxy groups -OCH3 is 4. The van der Waals surface area contributed by atoms with E-state index in [1.807, 2.05) is 18.4 Å². The minimum atomic E-state index is -0.765. The van der Waals surface area contributed by atoms with Gasteiger partial charge in [0.15, 0.2) is 17.3 Å². The fraction of sp³-hybridized carbons (Fsp3) is 0.433. The van der Waals surface area contributed by atoms with E-state index in [9.17, 15) is 14.4 Å². The molecular weight excluding hydrogens is 588 g/mol. The van der Waals surface area contributed by atoms with E-state index in [4.69, 9.17) is 18.9 Å². The van der Waals surface area contributed by atoms with Crippen molar-refractivity contribution in [2.45, 2.75) is 44.9 Å². The van der Waals surface area contributed by atoms with Gasteiger partial charge in [-0.2, -0.15) is 16.7 Å². The van der Waals surface area contributed by atoms with Crippen molar-refractivity contribution >= 4 is 35.2 Å². The second kappa shape index (κ2) is 14.9. The highest BCUT2D eigenvalue weighted by atomic mass is 32.2. The molecular formula is C30H38N6O7S. The van der Waals surface area contributed by atoms with Crippen LogP contribution in [0, 0.1) is 0 Å². The molecule has 13 nitrogen and oxygen atoms in total. The molecule has 1 aliphatic carbocycles. The molecule has 0 aliphatic heterocycles. The van der Waals surface area contributed by atoms with E-state index in [1.54, 1.807) is 32.0 Å². The molecule has 1 aromatic heterocycles. The van der Waals surface area contributed by atoms with Crippen molar-refractivity contribution in [1.82, 2.24) is 20.5 Å². The number of carbonyl (C=O) groups excluding carboxylic acids is 2. The van der Waals surface area contributed by atoms with E-state index in [0.717, 1.165) is 11.1 Å². The lowest BCUT2D eigenvalue weighted by Crippen LogP contribution is -2.36. The zero-order valence-electron chi connectivity index (χ0n) is 25.7. The van der Waals surface area contributed by atoms with Gasteiger partial charge in [-0.1, -0.05) is 6.07 Å². The summed E-state index contributed by atoms with van der Waals surface area (Å²) in [6.07, 6.45) is 3.49. The third kappa shape index (κ3) is 7.25. The monoisotopic (exact) mass is 626 g/mol. The summed E-state index contributed by atoms with van der Waals surface area (Å²) in [5.41, 5.74) is 2.85. The molecule has 44 heavy (non-hydrogen) atoms. The molecule has 0 saturated heterocycles. The fourth-order valence-electron chi connectivity index (χ4n) is 5.27. The molecule has 0 bridgehead atoms. The van der Waals surface area contributed by atoms with Crippen molar-refractivity contribution in [2.24, 2.45) is 0 Å². The Labute approximate surface area is 259 Å². The first kappa shape index (κ1) is 32.6. The summed E-state index contributed by atoms with van der Waals surface area (Å²) >= 11 is 1.58. The molecule has 0 radical (unpaired) electrons. The van der Waals surface area contributed by atoms with Crippen LogP contribution in [-0.4, -0.2) is 73.5 Å². The highest BCUT2D eigenvalue weighted by molar-refractivity contribution is 7.98. The number of aromatic nitrogens is 3. The number of thioether (sulfide) groups is 1. The molecule has 4 N–H and O–H groups in total. The van der Waals surface area contributed by atoms with Crippen LogP contribution in [0.5, 0.6) is 17.2 Å². The van der Waals surface area contributed by atoms with Gasteiger partial charge in [0.25, 0.3) is 0 Å². The predicted octanol–water partition coefficient (Wildman–Crippen LogP) is 3.30. The second-order valence-corrected chi connectivity index (χ2v) is 11.1. The molecule has 0 saturated carbocycles. The Kier molecular flexibility index (Phi) is 11.1. The number of rotatable bonds is 13. The maximum absolute atomic E-state index is 13.8. The van der Waals surface area contributed by atoms with Crippen LogP contribution in [0.2, 0.25) is 0 Å². The van der Waals surface area contributed by atoms with Gasteiger partial charge >= 0.3 is 0 Å². The number of hydrogen-bond donors (Lipinski definition) is 4. The number of fused-ring (bicyclic) bond motifs is 3. The normalized spacial score (nSPS) is 14.4. The van der Waals surface area contributed by atoms with Crippen molar-refractivity contribution in [3.63, 3.8) is 0 Å². The van der Waals surface area contributed by atoms with Crippen LogP contribution < -0.4 is 35.6 Å². The zero-order valence-corrected chi connectivity index (χ0v) is 26.5. The topological polar surface area (TPSA) is 166 Å². The second-order valence-electron chi connectivity index (χ2n) is 10.1. The van der Waals surface area contributed by atoms with Crippen molar-refractivity contribution in [1.29, 1.82) is 0 Å². The van der Waals surface area contributed by atoms with Crippen LogP contribution in [0.4, 0.5) is 11.6 Å². The average Bonchev–Trinajstić information content (AvgIpc) is 3.31. The van der Waals surface area contributed by atoms with Gasteiger partial charge < -0.3 is 29.6 Å². The van der Waals surface area contributed by atoms with Crippen LogP contribution in [0.25, 0.3) is 11.1 Å². The Morgan fingerprint density at radius 2 is 1.89 bits per heavy atom. The molecule has 0 spiro atoms. The molecule has 2 aromatic carbocycles. The summed E-state index contributed by atoms with van der Waals surface area (Å²) in [7, 11) is 6.16. The number of ether oxygens (including phenoxy) is 4. The molecule has 4 rings (SSSR count). The number of hydrogen-bond acceptors (Lipinski definition) is 11. The average molecular weight is 627 g/mol. The highest BCUT2D eigenvalue weighted by Crippen LogP contribution is 2.50. The standard InChI is InChI=1S/C30H38N6O7S/c1-16(37)31-20-9-7-17-13-24(41-3)27(42-4)28(43-5)26(17)18-8-10-21(23(38)14-19(18)20)32-22(11-12-44-6)29(39)34-30-33-25(15-40-2)35-36-30/h8,10,13-14,20,22H,7,9,11-12,15H2,1-6H3,(H,31,37)(H,32,38)(H2,33,34,35,36,39). The SMILES string of the molecule is COCc1nc(NC(=O)C(CCSC)Nc2ccc3c(cc2=O)C(NC(C)=O)CCc2cc(OC)c(OC)c(OC)c2-3)n[nH]1. The third-order valence-electron chi connectivity index (χ3n) is 7.22. The number of aryl methyl sites for hydroxylation is 1. The Balaban J connectivity index is 1.80. The molecule has 2 unspecified atom stereocenters. The van der Waals surface area contributed by atoms with E-state index >= 15 is 0 Å². The number of anilines is 2. The van der Waals surface area contributed by atoms with Gasteiger partial charge in [-0.05, 0) is 66.2 Å². The minimum Gasteiger partial charge on any atom is -0.493 e. The summed E-state index contributed by atoms with van der Waals surface area (Å²) in [4.78, 5) is 43.5. The predicted molar refractivity (Wildman–Crippen MR) is 169 cm³/mol. The van der Waals surface area contributed by atoms with Gasteiger partial charge in [0.2, 0.25) is 28.9 Å². The van der Waals surface area contributed by atoms with E-state index in [0.29, 0.717) is 59.2 Å². The first-order valence-electron chi connectivity index (χ1n) is 14.0. The highest BCUT2D eigenvalue weighted by Gasteiger charge is 2.30. The lowest BCUT2D eigenvalue weighted by atomic mass is 9.95. The Bertz CT molecular complexity index is 1560. The van der Waals surface area contributed by atoms with Crippen molar-refractivity contribution < 1.29 is 28.5 Å². The number of carbonyl (C=O) groups is 2. The van der Waals surface area contributed by atoms with Gasteiger partial charge in [0.1, 0.15) is 12.6 Å². The van der Waals surface area contributed by atoms with Crippen LogP contribution >= 0.6 is 11.8 Å². The van der Waals surface area contributed by atoms with Gasteiger partial charge in [-0.25, -0.2) is 0 Å². The maximum atomic E-state index is 13.8. The van der Waals surface area contributed by atoms with Crippen LogP contribution in [0.15, 0.2) is 29.1 Å². The molecule has 1 heterocycles. The van der Waals surface area contributed by atoms with E-state index in [2.05, 4.69) is 31.1 Å². The number of benzene rings is 1. The van der Waals surface area contributed by atoms with E-state index in [1.165, 1.54) is 27.2 Å². The lowest BCUT2D eigenvalue weighted by Gasteiger charge is -2.19.